The smallest absolute Gasteiger partial charge is 0.251 e. The molecule has 0 atom stereocenters. The zero-order valence-electron chi connectivity index (χ0n) is 12.0. The van der Waals surface area contributed by atoms with E-state index < -0.39 is 17.5 Å². The average Bonchev–Trinajstić information content (AvgIpc) is 2.62. The Hall–Kier alpha value is -2.44. The van der Waals surface area contributed by atoms with Crippen LogP contribution in [0.3, 0.4) is 0 Å². The summed E-state index contributed by atoms with van der Waals surface area (Å²) in [5.74, 6) is -2.69. The van der Waals surface area contributed by atoms with Crippen molar-refractivity contribution >= 4 is 11.6 Å². The van der Waals surface area contributed by atoms with Gasteiger partial charge in [0.25, 0.3) is 5.91 Å². The van der Waals surface area contributed by atoms with Crippen LogP contribution in [0.5, 0.6) is 0 Å². The molecule has 112 valence electrons. The lowest BCUT2D eigenvalue weighted by Gasteiger charge is -2.10. The molecule has 0 bridgehead atoms. The Bertz CT molecular complexity index is 709. The van der Waals surface area contributed by atoms with E-state index in [1.807, 2.05) is 20.9 Å². The second kappa shape index (κ2) is 5.51. The van der Waals surface area contributed by atoms with Crippen molar-refractivity contribution in [1.29, 1.82) is 0 Å². The first-order chi connectivity index (χ1) is 9.81. The van der Waals surface area contributed by atoms with Crippen LogP contribution in [0.2, 0.25) is 0 Å². The lowest BCUT2D eigenvalue weighted by atomic mass is 10.1. The maximum atomic E-state index is 13.7. The Morgan fingerprint density at radius 3 is 2.52 bits per heavy atom. The number of nitrogens with two attached hydrogens (primary N) is 1. The van der Waals surface area contributed by atoms with Crippen molar-refractivity contribution in [2.75, 3.05) is 5.32 Å². The lowest BCUT2D eigenvalue weighted by Crippen LogP contribution is -2.14. The maximum Gasteiger partial charge on any atom is 0.251 e. The summed E-state index contributed by atoms with van der Waals surface area (Å²) in [5, 5.41) is 7.10. The third-order valence-corrected chi connectivity index (χ3v) is 3.44. The van der Waals surface area contributed by atoms with Gasteiger partial charge in [0.2, 0.25) is 0 Å². The van der Waals surface area contributed by atoms with E-state index in [0.717, 1.165) is 23.0 Å². The number of aromatic nitrogens is 2. The van der Waals surface area contributed by atoms with E-state index in [0.29, 0.717) is 12.6 Å². The molecule has 0 saturated heterocycles. The minimum Gasteiger partial charge on any atom is -0.378 e. The van der Waals surface area contributed by atoms with Gasteiger partial charge in [-0.25, -0.2) is 8.78 Å². The monoisotopic (exact) mass is 294 g/mol. The topological polar surface area (TPSA) is 72.9 Å². The molecule has 2 rings (SSSR count). The minimum atomic E-state index is -0.973. The van der Waals surface area contributed by atoms with E-state index in [2.05, 4.69) is 10.4 Å². The van der Waals surface area contributed by atoms with Crippen molar-refractivity contribution in [3.8, 4) is 0 Å². The number of amides is 1. The Balaban J connectivity index is 2.28. The number of halogens is 2. The van der Waals surface area contributed by atoms with Gasteiger partial charge in [-0.1, -0.05) is 0 Å². The van der Waals surface area contributed by atoms with Gasteiger partial charge in [0, 0.05) is 30.9 Å². The van der Waals surface area contributed by atoms with Gasteiger partial charge in [-0.05, 0) is 19.9 Å². The summed E-state index contributed by atoms with van der Waals surface area (Å²) in [6, 6.07) is 1.72. The van der Waals surface area contributed by atoms with Crippen LogP contribution in [0.1, 0.15) is 27.3 Å². The van der Waals surface area contributed by atoms with Gasteiger partial charge in [-0.2, -0.15) is 5.10 Å². The minimum absolute atomic E-state index is 0.0212. The molecule has 2 aromatic rings. The number of rotatable bonds is 4. The Morgan fingerprint density at radius 1 is 1.33 bits per heavy atom. The number of nitrogens with one attached hydrogen (secondary N) is 1. The maximum absolute atomic E-state index is 13.7. The van der Waals surface area contributed by atoms with Crippen LogP contribution >= 0.6 is 0 Å². The summed E-state index contributed by atoms with van der Waals surface area (Å²) in [6.07, 6.45) is 0. The highest BCUT2D eigenvalue weighted by Gasteiger charge is 2.15. The predicted octanol–water partition coefficient (Wildman–Crippen LogP) is 2.03. The quantitative estimate of drug-likeness (QED) is 0.906. The molecule has 1 aromatic heterocycles. The van der Waals surface area contributed by atoms with Crippen molar-refractivity contribution in [3.63, 3.8) is 0 Å². The zero-order chi connectivity index (χ0) is 15.7. The molecule has 0 aliphatic carbocycles. The van der Waals surface area contributed by atoms with Crippen LogP contribution in [0, 0.1) is 25.5 Å². The Labute approximate surface area is 120 Å². The van der Waals surface area contributed by atoms with Gasteiger partial charge in [0.1, 0.15) is 11.6 Å². The molecule has 7 heteroatoms. The van der Waals surface area contributed by atoms with Crippen LogP contribution in [0.15, 0.2) is 12.1 Å². The molecule has 1 amide bonds. The van der Waals surface area contributed by atoms with Crippen LogP contribution in [0.25, 0.3) is 0 Å². The highest BCUT2D eigenvalue weighted by molar-refractivity contribution is 5.94. The van der Waals surface area contributed by atoms with Crippen molar-refractivity contribution in [3.05, 3.63) is 46.3 Å². The zero-order valence-corrected chi connectivity index (χ0v) is 12.0. The molecule has 3 N–H and O–H groups in total. The van der Waals surface area contributed by atoms with E-state index in [9.17, 15) is 13.6 Å². The van der Waals surface area contributed by atoms with Gasteiger partial charge < -0.3 is 11.1 Å². The molecule has 0 saturated carbocycles. The summed E-state index contributed by atoms with van der Waals surface area (Å²) < 4.78 is 28.8. The average molecular weight is 294 g/mol. The Morgan fingerprint density at radius 2 is 2.00 bits per heavy atom. The number of benzene rings is 1. The summed E-state index contributed by atoms with van der Waals surface area (Å²) in [4.78, 5) is 11.1. The summed E-state index contributed by atoms with van der Waals surface area (Å²) in [7, 11) is 1.81. The fourth-order valence-electron chi connectivity index (χ4n) is 2.13. The molecule has 0 aliphatic rings. The van der Waals surface area contributed by atoms with E-state index in [1.165, 1.54) is 0 Å². The number of nitrogens with zero attached hydrogens (tertiary/aromatic N) is 2. The number of primary amides is 1. The van der Waals surface area contributed by atoms with Crippen molar-refractivity contribution in [1.82, 2.24) is 9.78 Å². The third-order valence-electron chi connectivity index (χ3n) is 3.44. The molecular weight excluding hydrogens is 278 g/mol. The molecule has 0 spiro atoms. The van der Waals surface area contributed by atoms with E-state index in [4.69, 9.17) is 5.73 Å². The number of hydrogen-bond donors (Lipinski definition) is 2. The Kier molecular flexibility index (Phi) is 3.93. The van der Waals surface area contributed by atoms with Crippen LogP contribution in [-0.2, 0) is 13.6 Å². The molecular formula is C14H16F2N4O. The fraction of sp³-hybridized carbons (Fsp3) is 0.286. The molecule has 1 heterocycles. The number of hydrogen-bond acceptors (Lipinski definition) is 3. The number of carbonyl (C=O) groups excluding carboxylic acids is 1. The third kappa shape index (κ3) is 2.86. The summed E-state index contributed by atoms with van der Waals surface area (Å²) in [5.41, 5.74) is 7.40. The second-order valence-electron chi connectivity index (χ2n) is 4.80. The van der Waals surface area contributed by atoms with Crippen molar-refractivity contribution < 1.29 is 13.6 Å². The van der Waals surface area contributed by atoms with Crippen LogP contribution in [0.4, 0.5) is 14.5 Å². The van der Waals surface area contributed by atoms with Crippen LogP contribution in [-0.4, -0.2) is 15.7 Å². The highest BCUT2D eigenvalue weighted by atomic mass is 19.1. The first-order valence-corrected chi connectivity index (χ1v) is 6.33. The molecule has 0 fully saturated rings. The van der Waals surface area contributed by atoms with Crippen molar-refractivity contribution in [2.24, 2.45) is 12.8 Å². The molecule has 21 heavy (non-hydrogen) atoms. The molecule has 0 unspecified atom stereocenters. The molecule has 5 nitrogen and oxygen atoms in total. The van der Waals surface area contributed by atoms with Gasteiger partial charge in [-0.3, -0.25) is 9.48 Å². The molecule has 1 aromatic carbocycles. The second-order valence-corrected chi connectivity index (χ2v) is 4.80. The van der Waals surface area contributed by atoms with Crippen molar-refractivity contribution in [2.45, 2.75) is 20.4 Å². The number of aryl methyl sites for hydroxylation is 2. The van der Waals surface area contributed by atoms with Gasteiger partial charge in [-0.15, -0.1) is 0 Å². The predicted molar refractivity (Wildman–Crippen MR) is 74.9 cm³/mol. The first-order valence-electron chi connectivity index (χ1n) is 6.33. The van der Waals surface area contributed by atoms with E-state index in [1.54, 1.807) is 4.68 Å². The van der Waals surface area contributed by atoms with Gasteiger partial charge in [0.05, 0.1) is 16.9 Å². The first kappa shape index (κ1) is 15.0. The van der Waals surface area contributed by atoms with E-state index in [-0.39, 0.29) is 11.3 Å². The standard InChI is InChI=1S/C14H16F2N4O/c1-7-10(8(2)20(3)19-7)6-18-13-4-9(14(17)21)11(15)5-12(13)16/h4-5,18H,6H2,1-3H3,(H2,17,21). The molecule has 0 radical (unpaired) electrons. The summed E-state index contributed by atoms with van der Waals surface area (Å²) in [6.45, 7) is 4.05. The fourth-order valence-corrected chi connectivity index (χ4v) is 2.13. The van der Waals surface area contributed by atoms with E-state index >= 15 is 0 Å². The largest absolute Gasteiger partial charge is 0.378 e. The number of carbonyl (C=O) groups is 1. The van der Waals surface area contributed by atoms with Crippen LogP contribution < -0.4 is 11.1 Å². The highest BCUT2D eigenvalue weighted by Crippen LogP contribution is 2.21. The molecule has 0 aliphatic heterocycles. The normalized spacial score (nSPS) is 10.7. The van der Waals surface area contributed by atoms with Gasteiger partial charge in [0.15, 0.2) is 0 Å². The SMILES string of the molecule is Cc1nn(C)c(C)c1CNc1cc(C(N)=O)c(F)cc1F. The van der Waals surface area contributed by atoms with Gasteiger partial charge >= 0.3 is 0 Å². The lowest BCUT2D eigenvalue weighted by molar-refractivity contribution is 0.0996. The number of anilines is 1. The summed E-state index contributed by atoms with van der Waals surface area (Å²) >= 11 is 0.